The highest BCUT2D eigenvalue weighted by molar-refractivity contribution is 5.92. The molecule has 0 unspecified atom stereocenters. The first-order valence-electron chi connectivity index (χ1n) is 9.15. The summed E-state index contributed by atoms with van der Waals surface area (Å²) in [6, 6.07) is 14.9. The number of para-hydroxylation sites is 2. The minimum atomic E-state index is -0.374. The van der Waals surface area contributed by atoms with E-state index in [1.54, 1.807) is 25.2 Å². The van der Waals surface area contributed by atoms with Crippen molar-refractivity contribution in [3.05, 3.63) is 71.8 Å². The standard InChI is InChI=1S/C21H20FN3O4/c1-25(11-17-13-28-19-7-2-3-8-20(19)29-17)21(26)18-10-15(23-24-18)12-27-16-6-4-5-14(22)9-16/h2-10,17H,11-13H2,1H3,(H,23,24)/t17-/m1/s1. The molecule has 4 rings (SSSR count). The fourth-order valence-electron chi connectivity index (χ4n) is 3.00. The molecule has 150 valence electrons. The number of nitrogens with one attached hydrogen (secondary N) is 1. The van der Waals surface area contributed by atoms with Crippen molar-refractivity contribution in [1.82, 2.24) is 15.1 Å². The fraction of sp³-hybridized carbons (Fsp3) is 0.238. The maximum atomic E-state index is 13.2. The first-order chi connectivity index (χ1) is 14.1. The Hall–Kier alpha value is -3.55. The first-order valence-corrected chi connectivity index (χ1v) is 9.15. The summed E-state index contributed by atoms with van der Waals surface area (Å²) < 4.78 is 30.3. The second-order valence-electron chi connectivity index (χ2n) is 6.71. The van der Waals surface area contributed by atoms with Gasteiger partial charge in [0.15, 0.2) is 23.3 Å². The van der Waals surface area contributed by atoms with E-state index in [4.69, 9.17) is 14.2 Å². The van der Waals surface area contributed by atoms with Crippen molar-refractivity contribution in [2.24, 2.45) is 0 Å². The van der Waals surface area contributed by atoms with Crippen LogP contribution in [0.1, 0.15) is 16.2 Å². The SMILES string of the molecule is CN(C[C@@H]1COc2ccccc2O1)C(=O)c1cc(COc2cccc(F)c2)[nH]n1. The number of fused-ring (bicyclic) bond motifs is 1. The molecule has 1 amide bonds. The van der Waals surface area contributed by atoms with Crippen LogP contribution in [0.3, 0.4) is 0 Å². The van der Waals surface area contributed by atoms with Crippen LogP contribution in [0.5, 0.6) is 17.2 Å². The van der Waals surface area contributed by atoms with Crippen molar-refractivity contribution in [2.75, 3.05) is 20.2 Å². The van der Waals surface area contributed by atoms with Gasteiger partial charge >= 0.3 is 0 Å². The monoisotopic (exact) mass is 397 g/mol. The molecule has 0 saturated carbocycles. The van der Waals surface area contributed by atoms with E-state index in [1.165, 1.54) is 17.0 Å². The summed E-state index contributed by atoms with van der Waals surface area (Å²) in [7, 11) is 1.68. The van der Waals surface area contributed by atoms with Gasteiger partial charge in [0.05, 0.1) is 12.2 Å². The average molecular weight is 397 g/mol. The summed E-state index contributed by atoms with van der Waals surface area (Å²) >= 11 is 0. The third kappa shape index (κ3) is 4.48. The van der Waals surface area contributed by atoms with Crippen molar-refractivity contribution in [1.29, 1.82) is 0 Å². The molecule has 29 heavy (non-hydrogen) atoms. The number of hydrogen-bond donors (Lipinski definition) is 1. The van der Waals surface area contributed by atoms with E-state index >= 15 is 0 Å². The van der Waals surface area contributed by atoms with E-state index in [-0.39, 0.29) is 30.1 Å². The number of nitrogens with zero attached hydrogens (tertiary/aromatic N) is 2. The molecular formula is C21H20FN3O4. The number of hydrogen-bond acceptors (Lipinski definition) is 5. The molecule has 1 aliphatic heterocycles. The number of H-pyrrole nitrogens is 1. The van der Waals surface area contributed by atoms with Crippen LogP contribution in [0.2, 0.25) is 0 Å². The molecule has 0 bridgehead atoms. The lowest BCUT2D eigenvalue weighted by Gasteiger charge is -2.29. The Bertz CT molecular complexity index is 1010. The van der Waals surface area contributed by atoms with E-state index < -0.39 is 0 Å². The number of aromatic nitrogens is 2. The quantitative estimate of drug-likeness (QED) is 0.692. The Morgan fingerprint density at radius 3 is 2.90 bits per heavy atom. The molecule has 0 fully saturated rings. The van der Waals surface area contributed by atoms with Gasteiger partial charge in [-0.05, 0) is 30.3 Å². The van der Waals surface area contributed by atoms with Crippen molar-refractivity contribution >= 4 is 5.91 Å². The Morgan fingerprint density at radius 2 is 2.07 bits per heavy atom. The molecule has 0 spiro atoms. The molecule has 2 aromatic carbocycles. The number of aromatic amines is 1. The minimum Gasteiger partial charge on any atom is -0.487 e. The maximum absolute atomic E-state index is 13.2. The van der Waals surface area contributed by atoms with Gasteiger partial charge in [0.1, 0.15) is 24.8 Å². The number of rotatable bonds is 6. The van der Waals surface area contributed by atoms with Crippen molar-refractivity contribution in [3.8, 4) is 17.2 Å². The molecule has 1 N–H and O–H groups in total. The zero-order valence-electron chi connectivity index (χ0n) is 15.8. The topological polar surface area (TPSA) is 76.7 Å². The number of halogens is 1. The minimum absolute atomic E-state index is 0.143. The number of likely N-dealkylation sites (N-methyl/N-ethyl adjacent to an activating group) is 1. The lowest BCUT2D eigenvalue weighted by molar-refractivity contribution is 0.0517. The van der Waals surface area contributed by atoms with Crippen LogP contribution in [-0.4, -0.2) is 47.3 Å². The lowest BCUT2D eigenvalue weighted by atomic mass is 10.2. The highest BCUT2D eigenvalue weighted by Gasteiger charge is 2.25. The van der Waals surface area contributed by atoms with Crippen LogP contribution in [-0.2, 0) is 6.61 Å². The van der Waals surface area contributed by atoms with Gasteiger partial charge in [0.2, 0.25) is 0 Å². The van der Waals surface area contributed by atoms with E-state index in [9.17, 15) is 9.18 Å². The van der Waals surface area contributed by atoms with Crippen LogP contribution >= 0.6 is 0 Å². The summed E-state index contributed by atoms with van der Waals surface area (Å²) in [6.45, 7) is 0.862. The normalized spacial score (nSPS) is 15.0. The Balaban J connectivity index is 1.32. The number of carbonyl (C=O) groups is 1. The van der Waals surface area contributed by atoms with Crippen LogP contribution in [0.4, 0.5) is 4.39 Å². The summed E-state index contributed by atoms with van der Waals surface area (Å²) in [6.07, 6.45) is -0.270. The van der Waals surface area contributed by atoms with Gasteiger partial charge in [-0.3, -0.25) is 9.89 Å². The number of benzene rings is 2. The molecule has 0 radical (unpaired) electrons. The summed E-state index contributed by atoms with van der Waals surface area (Å²) in [5, 5.41) is 6.82. The molecule has 3 aromatic rings. The zero-order chi connectivity index (χ0) is 20.2. The second kappa shape index (κ2) is 8.22. The van der Waals surface area contributed by atoms with Gasteiger partial charge in [0.25, 0.3) is 5.91 Å². The highest BCUT2D eigenvalue weighted by Crippen LogP contribution is 2.31. The van der Waals surface area contributed by atoms with Gasteiger partial charge in [-0.15, -0.1) is 0 Å². The van der Waals surface area contributed by atoms with E-state index in [1.807, 2.05) is 24.3 Å². The smallest absolute Gasteiger partial charge is 0.274 e. The summed E-state index contributed by atoms with van der Waals surface area (Å²) in [5.74, 6) is 1.15. The number of ether oxygens (including phenoxy) is 3. The number of amides is 1. The van der Waals surface area contributed by atoms with Gasteiger partial charge < -0.3 is 19.1 Å². The average Bonchev–Trinajstić information content (AvgIpc) is 3.20. The van der Waals surface area contributed by atoms with Gasteiger partial charge in [-0.1, -0.05) is 18.2 Å². The molecule has 0 saturated heterocycles. The highest BCUT2D eigenvalue weighted by atomic mass is 19.1. The molecular weight excluding hydrogens is 377 g/mol. The van der Waals surface area contributed by atoms with Crippen molar-refractivity contribution < 1.29 is 23.4 Å². The Kier molecular flexibility index (Phi) is 5.33. The van der Waals surface area contributed by atoms with Crippen LogP contribution in [0.15, 0.2) is 54.6 Å². The fourth-order valence-corrected chi connectivity index (χ4v) is 3.00. The third-order valence-corrected chi connectivity index (χ3v) is 4.43. The molecule has 1 aromatic heterocycles. The third-order valence-electron chi connectivity index (χ3n) is 4.43. The molecule has 1 atom stereocenters. The molecule has 7 nitrogen and oxygen atoms in total. The van der Waals surface area contributed by atoms with E-state index in [0.29, 0.717) is 36.1 Å². The van der Waals surface area contributed by atoms with Gasteiger partial charge in [-0.25, -0.2) is 4.39 Å². The first kappa shape index (κ1) is 18.8. The van der Waals surface area contributed by atoms with Crippen LogP contribution < -0.4 is 14.2 Å². The summed E-state index contributed by atoms with van der Waals surface area (Å²) in [4.78, 5) is 14.2. The zero-order valence-corrected chi connectivity index (χ0v) is 15.8. The molecule has 1 aliphatic rings. The van der Waals surface area contributed by atoms with Gasteiger partial charge in [0, 0.05) is 13.1 Å². The maximum Gasteiger partial charge on any atom is 0.274 e. The Labute approximate surface area is 167 Å². The van der Waals surface area contributed by atoms with E-state index in [0.717, 1.165) is 0 Å². The van der Waals surface area contributed by atoms with Crippen LogP contribution in [0.25, 0.3) is 0 Å². The lowest BCUT2D eigenvalue weighted by Crippen LogP contribution is -2.41. The Morgan fingerprint density at radius 1 is 1.24 bits per heavy atom. The van der Waals surface area contributed by atoms with Gasteiger partial charge in [-0.2, -0.15) is 5.10 Å². The predicted octanol–water partition coefficient (Wildman–Crippen LogP) is 3.04. The van der Waals surface area contributed by atoms with Crippen molar-refractivity contribution in [2.45, 2.75) is 12.7 Å². The van der Waals surface area contributed by atoms with E-state index in [2.05, 4.69) is 10.2 Å². The van der Waals surface area contributed by atoms with Crippen LogP contribution in [0, 0.1) is 5.82 Å². The van der Waals surface area contributed by atoms with Crippen molar-refractivity contribution in [3.63, 3.8) is 0 Å². The largest absolute Gasteiger partial charge is 0.487 e. The predicted molar refractivity (Wildman–Crippen MR) is 103 cm³/mol. The summed E-state index contributed by atoms with van der Waals surface area (Å²) in [5.41, 5.74) is 0.875. The molecule has 8 heteroatoms. The second-order valence-corrected chi connectivity index (χ2v) is 6.71. The molecule has 0 aliphatic carbocycles. The number of carbonyl (C=O) groups excluding carboxylic acids is 1. The molecule has 2 heterocycles.